The first-order valence-corrected chi connectivity index (χ1v) is 18.4. The van der Waals surface area contributed by atoms with E-state index in [9.17, 15) is 18.0 Å². The van der Waals surface area contributed by atoms with E-state index in [1.54, 1.807) is 30.1 Å². The van der Waals surface area contributed by atoms with Crippen molar-refractivity contribution in [3.63, 3.8) is 0 Å². The first-order chi connectivity index (χ1) is 22.6. The van der Waals surface area contributed by atoms with Crippen LogP contribution in [0, 0.1) is 0 Å². The molecule has 47 heavy (non-hydrogen) atoms. The fourth-order valence-corrected chi connectivity index (χ4v) is 6.42. The van der Waals surface area contributed by atoms with Gasteiger partial charge in [0.25, 0.3) is 10.0 Å². The molecule has 0 aromatic heterocycles. The molecule has 0 atom stereocenters. The van der Waals surface area contributed by atoms with Crippen LogP contribution in [0.25, 0.3) is 11.1 Å². The molecule has 0 radical (unpaired) electrons. The number of carbonyl (C=O) groups is 2. The molecule has 2 N–H and O–H groups in total. The Morgan fingerprint density at radius 1 is 0.851 bits per heavy atom. The van der Waals surface area contributed by atoms with E-state index in [-0.39, 0.29) is 17.5 Å². The van der Waals surface area contributed by atoms with Crippen LogP contribution in [-0.4, -0.2) is 52.2 Å². The van der Waals surface area contributed by atoms with Crippen LogP contribution in [0.5, 0.6) is 0 Å². The lowest BCUT2D eigenvalue weighted by Gasteiger charge is -2.29. The minimum atomic E-state index is -4.18. The van der Waals surface area contributed by atoms with E-state index in [1.807, 2.05) is 59.0 Å². The van der Waals surface area contributed by atoms with Crippen molar-refractivity contribution >= 4 is 45.1 Å². The standard InChI is InChI=1S/C36H49ClN4O5S/c1-5-8-13-23-38-30-21-22-32(37)33(26-30)40(4)36(43)41(24-14-9-6-2)27-28-17-19-29(20-18-28)31-15-11-12-16-34(31)47(44,45)39-35(42)46-25-10-7-3/h11-12,15-22,26,38H,5-10,13-14,23-25,27H2,1-4H3,(H,39,42). The van der Waals surface area contributed by atoms with Crippen molar-refractivity contribution in [2.24, 2.45) is 0 Å². The minimum Gasteiger partial charge on any atom is -0.449 e. The van der Waals surface area contributed by atoms with Crippen LogP contribution >= 0.6 is 11.6 Å². The highest BCUT2D eigenvalue weighted by Gasteiger charge is 2.24. The van der Waals surface area contributed by atoms with Gasteiger partial charge < -0.3 is 15.0 Å². The molecular formula is C36H49ClN4O5S. The quantitative estimate of drug-likeness (QED) is 0.129. The zero-order chi connectivity index (χ0) is 34.2. The highest BCUT2D eigenvalue weighted by Crippen LogP contribution is 2.31. The summed E-state index contributed by atoms with van der Waals surface area (Å²) in [5.41, 5.74) is 3.54. The first kappa shape index (κ1) is 37.7. The third-order valence-electron chi connectivity index (χ3n) is 7.77. The van der Waals surface area contributed by atoms with Gasteiger partial charge in [0.15, 0.2) is 0 Å². The highest BCUT2D eigenvalue weighted by molar-refractivity contribution is 7.90. The van der Waals surface area contributed by atoms with Gasteiger partial charge in [0.1, 0.15) is 0 Å². The maximum absolute atomic E-state index is 13.9. The number of amides is 3. The Morgan fingerprint density at radius 3 is 2.23 bits per heavy atom. The Hall–Kier alpha value is -3.76. The molecule has 0 aliphatic rings. The fourth-order valence-electron chi connectivity index (χ4n) is 5.05. The number of benzene rings is 3. The van der Waals surface area contributed by atoms with Crippen LogP contribution < -0.4 is 14.9 Å². The number of ether oxygens (including phenoxy) is 1. The number of unbranched alkanes of at least 4 members (excludes halogenated alkanes) is 5. The molecule has 9 nitrogen and oxygen atoms in total. The van der Waals surface area contributed by atoms with Crippen LogP contribution in [0.1, 0.15) is 77.7 Å². The molecule has 0 aliphatic heterocycles. The van der Waals surface area contributed by atoms with E-state index in [1.165, 1.54) is 6.07 Å². The maximum atomic E-state index is 13.9. The van der Waals surface area contributed by atoms with Crippen molar-refractivity contribution in [1.29, 1.82) is 0 Å². The largest absolute Gasteiger partial charge is 0.449 e. The predicted octanol–water partition coefficient (Wildman–Crippen LogP) is 9.07. The SMILES string of the molecule is CCCCCNc1ccc(Cl)c(N(C)C(=O)N(CCCCC)Cc2ccc(-c3ccccc3S(=O)(=O)NC(=O)OCCCC)cc2)c1. The number of nitrogens with one attached hydrogen (secondary N) is 2. The van der Waals surface area contributed by atoms with Crippen LogP contribution in [0.3, 0.4) is 0 Å². The van der Waals surface area contributed by atoms with Gasteiger partial charge in [0.2, 0.25) is 0 Å². The molecule has 0 fully saturated rings. The molecule has 3 rings (SSSR count). The average Bonchev–Trinajstić information content (AvgIpc) is 3.06. The number of carbonyl (C=O) groups excluding carboxylic acids is 2. The van der Waals surface area contributed by atoms with Crippen molar-refractivity contribution in [2.45, 2.75) is 83.6 Å². The molecular weight excluding hydrogens is 636 g/mol. The van der Waals surface area contributed by atoms with Gasteiger partial charge in [0.05, 0.1) is 22.2 Å². The number of hydrogen-bond acceptors (Lipinski definition) is 6. The minimum absolute atomic E-state index is 0.0304. The van der Waals surface area contributed by atoms with E-state index < -0.39 is 16.1 Å². The fraction of sp³-hybridized carbons (Fsp3) is 0.444. The van der Waals surface area contributed by atoms with E-state index in [0.29, 0.717) is 41.3 Å². The lowest BCUT2D eigenvalue weighted by Crippen LogP contribution is -2.41. The highest BCUT2D eigenvalue weighted by atomic mass is 35.5. The average molecular weight is 685 g/mol. The lowest BCUT2D eigenvalue weighted by atomic mass is 10.0. The third-order valence-corrected chi connectivity index (χ3v) is 9.46. The van der Waals surface area contributed by atoms with Gasteiger partial charge in [-0.1, -0.05) is 107 Å². The summed E-state index contributed by atoms with van der Waals surface area (Å²) >= 11 is 6.57. The smallest absolute Gasteiger partial charge is 0.421 e. The van der Waals surface area contributed by atoms with Crippen molar-refractivity contribution in [3.05, 3.63) is 77.3 Å². The van der Waals surface area contributed by atoms with Crippen LogP contribution in [0.2, 0.25) is 5.02 Å². The Morgan fingerprint density at radius 2 is 1.53 bits per heavy atom. The molecule has 0 aliphatic carbocycles. The van der Waals surface area contributed by atoms with Gasteiger partial charge in [-0.05, 0) is 54.7 Å². The summed E-state index contributed by atoms with van der Waals surface area (Å²) < 4.78 is 33.2. The second-order valence-corrected chi connectivity index (χ2v) is 13.6. The molecule has 0 saturated heterocycles. The Bertz CT molecular complexity index is 1550. The van der Waals surface area contributed by atoms with E-state index >= 15 is 0 Å². The summed E-state index contributed by atoms with van der Waals surface area (Å²) in [6.45, 7) is 8.18. The normalized spacial score (nSPS) is 11.2. The number of rotatable bonds is 18. The van der Waals surface area contributed by atoms with Crippen LogP contribution in [-0.2, 0) is 21.3 Å². The number of halogens is 1. The van der Waals surface area contributed by atoms with Gasteiger partial charge in [0, 0.05) is 37.9 Å². The molecule has 0 unspecified atom stereocenters. The van der Waals surface area contributed by atoms with Crippen molar-refractivity contribution in [3.8, 4) is 11.1 Å². The third kappa shape index (κ3) is 11.5. The second kappa shape index (κ2) is 19.2. The van der Waals surface area contributed by atoms with Crippen LogP contribution in [0.4, 0.5) is 21.0 Å². The maximum Gasteiger partial charge on any atom is 0.421 e. The summed E-state index contributed by atoms with van der Waals surface area (Å²) in [7, 11) is -2.44. The molecule has 3 amide bonds. The number of sulfonamides is 1. The number of nitrogens with zero attached hydrogens (tertiary/aromatic N) is 2. The summed E-state index contributed by atoms with van der Waals surface area (Å²) in [6, 6.07) is 19.4. The van der Waals surface area contributed by atoms with Crippen LogP contribution in [0.15, 0.2) is 71.6 Å². The van der Waals surface area contributed by atoms with Gasteiger partial charge in [-0.2, -0.15) is 0 Å². The summed E-state index contributed by atoms with van der Waals surface area (Å²) in [6.07, 6.45) is 6.71. The van der Waals surface area contributed by atoms with E-state index in [0.717, 1.165) is 62.7 Å². The number of urea groups is 1. The van der Waals surface area contributed by atoms with Gasteiger partial charge in [-0.15, -0.1) is 0 Å². The Kier molecular flexibility index (Phi) is 15.4. The van der Waals surface area contributed by atoms with Crippen molar-refractivity contribution < 1.29 is 22.7 Å². The molecule has 256 valence electrons. The van der Waals surface area contributed by atoms with Crippen molar-refractivity contribution in [1.82, 2.24) is 9.62 Å². The molecule has 3 aromatic carbocycles. The van der Waals surface area contributed by atoms with E-state index in [4.69, 9.17) is 16.3 Å². The molecule has 0 saturated carbocycles. The van der Waals surface area contributed by atoms with Crippen molar-refractivity contribution in [2.75, 3.05) is 37.0 Å². The number of anilines is 2. The summed E-state index contributed by atoms with van der Waals surface area (Å²) in [5.74, 6) is 0. The first-order valence-electron chi connectivity index (χ1n) is 16.5. The predicted molar refractivity (Wildman–Crippen MR) is 192 cm³/mol. The molecule has 11 heteroatoms. The lowest BCUT2D eigenvalue weighted by molar-refractivity contribution is 0.151. The zero-order valence-corrected chi connectivity index (χ0v) is 29.6. The van der Waals surface area contributed by atoms with Gasteiger partial charge in [-0.3, -0.25) is 4.90 Å². The van der Waals surface area contributed by atoms with Gasteiger partial charge in [-0.25, -0.2) is 22.7 Å². The summed E-state index contributed by atoms with van der Waals surface area (Å²) in [5, 5.41) is 3.92. The molecule has 0 heterocycles. The molecule has 0 spiro atoms. The Labute approximate surface area is 285 Å². The summed E-state index contributed by atoms with van der Waals surface area (Å²) in [4.78, 5) is 29.4. The molecule has 0 bridgehead atoms. The Balaban J connectivity index is 1.79. The zero-order valence-electron chi connectivity index (χ0n) is 28.1. The molecule has 3 aromatic rings. The number of hydrogen-bond donors (Lipinski definition) is 2. The second-order valence-electron chi connectivity index (χ2n) is 11.6. The van der Waals surface area contributed by atoms with E-state index in [2.05, 4.69) is 19.2 Å². The topological polar surface area (TPSA) is 108 Å². The van der Waals surface area contributed by atoms with Gasteiger partial charge >= 0.3 is 12.1 Å². The monoisotopic (exact) mass is 684 g/mol.